The maximum Gasteiger partial charge on any atom is 0.120 e. The fourth-order valence-corrected chi connectivity index (χ4v) is 2.33. The van der Waals surface area contributed by atoms with Gasteiger partial charge in [0.2, 0.25) is 0 Å². The molecule has 2 heterocycles. The highest BCUT2D eigenvalue weighted by atomic mass is 32.1. The molecule has 15 heavy (non-hydrogen) atoms. The summed E-state index contributed by atoms with van der Waals surface area (Å²) in [4.78, 5) is 1.40. The molecular formula is C12H15NOS. The second-order valence-electron chi connectivity index (χ2n) is 3.64. The highest BCUT2D eigenvalue weighted by molar-refractivity contribution is 7.10. The largest absolute Gasteiger partial charge is 0.468 e. The quantitative estimate of drug-likeness (QED) is 0.854. The first kappa shape index (κ1) is 10.5. The van der Waals surface area contributed by atoms with E-state index in [0.29, 0.717) is 0 Å². The van der Waals surface area contributed by atoms with Crippen LogP contribution in [0.2, 0.25) is 0 Å². The van der Waals surface area contributed by atoms with Crippen molar-refractivity contribution in [2.45, 2.75) is 26.4 Å². The highest BCUT2D eigenvalue weighted by Crippen LogP contribution is 2.18. The number of nitrogens with one attached hydrogen (secondary N) is 1. The zero-order chi connectivity index (χ0) is 10.7. The van der Waals surface area contributed by atoms with Gasteiger partial charge in [0.25, 0.3) is 0 Å². The number of aryl methyl sites for hydroxylation is 1. The van der Waals surface area contributed by atoms with Crippen LogP contribution in [0.15, 0.2) is 34.3 Å². The van der Waals surface area contributed by atoms with Crippen molar-refractivity contribution in [3.8, 4) is 0 Å². The van der Waals surface area contributed by atoms with Crippen LogP contribution < -0.4 is 5.32 Å². The molecule has 0 bridgehead atoms. The Hall–Kier alpha value is -1.06. The second-order valence-corrected chi connectivity index (χ2v) is 4.65. The van der Waals surface area contributed by atoms with Gasteiger partial charge in [0, 0.05) is 11.4 Å². The van der Waals surface area contributed by atoms with E-state index >= 15 is 0 Å². The summed E-state index contributed by atoms with van der Waals surface area (Å²) in [5.41, 5.74) is 1.36. The fourth-order valence-electron chi connectivity index (χ4n) is 1.47. The molecule has 2 rings (SSSR count). The van der Waals surface area contributed by atoms with E-state index in [1.54, 1.807) is 17.6 Å². The highest BCUT2D eigenvalue weighted by Gasteiger charge is 2.08. The van der Waals surface area contributed by atoms with Crippen molar-refractivity contribution in [1.29, 1.82) is 0 Å². The molecule has 1 N–H and O–H groups in total. The van der Waals surface area contributed by atoms with Crippen LogP contribution in [0.4, 0.5) is 0 Å². The predicted molar refractivity (Wildman–Crippen MR) is 63.0 cm³/mol. The van der Waals surface area contributed by atoms with E-state index in [-0.39, 0.29) is 6.04 Å². The van der Waals surface area contributed by atoms with Crippen LogP contribution in [0.1, 0.15) is 29.2 Å². The van der Waals surface area contributed by atoms with Crippen LogP contribution in [0, 0.1) is 6.92 Å². The molecule has 1 atom stereocenters. The molecule has 3 heteroatoms. The summed E-state index contributed by atoms with van der Waals surface area (Å²) in [5, 5.41) is 5.57. The first-order chi connectivity index (χ1) is 7.27. The molecule has 0 radical (unpaired) electrons. The molecule has 0 fully saturated rings. The Kier molecular flexibility index (Phi) is 3.23. The lowest BCUT2D eigenvalue weighted by atomic mass is 10.2. The second kappa shape index (κ2) is 4.64. The Bertz CT molecular complexity index is 405. The molecule has 0 aromatic carbocycles. The van der Waals surface area contributed by atoms with Gasteiger partial charge in [-0.15, -0.1) is 11.3 Å². The van der Waals surface area contributed by atoms with Crippen molar-refractivity contribution in [2.24, 2.45) is 0 Å². The molecule has 2 aromatic heterocycles. The minimum absolute atomic E-state index is 0.265. The van der Waals surface area contributed by atoms with E-state index in [1.165, 1.54) is 10.4 Å². The molecule has 80 valence electrons. The summed E-state index contributed by atoms with van der Waals surface area (Å²) in [6.45, 7) is 5.16. The Morgan fingerprint density at radius 3 is 2.93 bits per heavy atom. The average molecular weight is 221 g/mol. The zero-order valence-electron chi connectivity index (χ0n) is 8.99. The van der Waals surface area contributed by atoms with E-state index in [1.807, 2.05) is 12.1 Å². The summed E-state index contributed by atoms with van der Waals surface area (Å²) >= 11 is 1.80. The van der Waals surface area contributed by atoms with Crippen molar-refractivity contribution in [1.82, 2.24) is 5.32 Å². The maximum atomic E-state index is 5.34. The smallest absolute Gasteiger partial charge is 0.120 e. The predicted octanol–water partition coefficient (Wildman–Crippen LogP) is 3.50. The van der Waals surface area contributed by atoms with Crippen LogP contribution in [0.3, 0.4) is 0 Å². The fraction of sp³-hybridized carbons (Fsp3) is 0.333. The Labute approximate surface area is 93.9 Å². The van der Waals surface area contributed by atoms with Crippen LogP contribution >= 0.6 is 11.3 Å². The van der Waals surface area contributed by atoms with Crippen molar-refractivity contribution >= 4 is 11.3 Å². The molecule has 0 aliphatic heterocycles. The van der Waals surface area contributed by atoms with E-state index < -0.39 is 0 Å². The number of rotatable bonds is 4. The van der Waals surface area contributed by atoms with Crippen molar-refractivity contribution in [2.75, 3.05) is 0 Å². The molecule has 0 aliphatic rings. The van der Waals surface area contributed by atoms with Gasteiger partial charge in [0.05, 0.1) is 12.3 Å². The third-order valence-electron chi connectivity index (χ3n) is 2.51. The van der Waals surface area contributed by atoms with Crippen LogP contribution in [0.5, 0.6) is 0 Å². The third kappa shape index (κ3) is 2.49. The summed E-state index contributed by atoms with van der Waals surface area (Å²) in [6, 6.07) is 6.34. The van der Waals surface area contributed by atoms with Gasteiger partial charge in [-0.05, 0) is 43.0 Å². The van der Waals surface area contributed by atoms with Gasteiger partial charge in [-0.1, -0.05) is 0 Å². The van der Waals surface area contributed by atoms with E-state index in [9.17, 15) is 0 Å². The number of furan rings is 1. The standard InChI is InChI=1S/C12H15NOS/c1-9-5-7-15-12(9)8-13-10(2)11-4-3-6-14-11/h3-7,10,13H,8H2,1-2H3/t10-/m0/s1. The van der Waals surface area contributed by atoms with Gasteiger partial charge in [-0.25, -0.2) is 0 Å². The molecule has 0 unspecified atom stereocenters. The molecule has 0 aliphatic carbocycles. The average Bonchev–Trinajstić information content (AvgIpc) is 2.85. The number of thiophene rings is 1. The first-order valence-corrected chi connectivity index (χ1v) is 5.95. The van der Waals surface area contributed by atoms with Crippen LogP contribution in [0.25, 0.3) is 0 Å². The molecule has 2 aromatic rings. The van der Waals surface area contributed by atoms with E-state index in [0.717, 1.165) is 12.3 Å². The van der Waals surface area contributed by atoms with Gasteiger partial charge < -0.3 is 9.73 Å². The SMILES string of the molecule is Cc1ccsc1CN[C@@H](C)c1ccco1. The normalized spacial score (nSPS) is 12.9. The summed E-state index contributed by atoms with van der Waals surface area (Å²) in [5.74, 6) is 0.990. The molecule has 0 saturated carbocycles. The van der Waals surface area contributed by atoms with Gasteiger partial charge in [-0.2, -0.15) is 0 Å². The summed E-state index contributed by atoms with van der Waals surface area (Å²) in [6.07, 6.45) is 1.71. The zero-order valence-corrected chi connectivity index (χ0v) is 9.80. The molecule has 0 spiro atoms. The van der Waals surface area contributed by atoms with Crippen molar-refractivity contribution < 1.29 is 4.42 Å². The third-order valence-corrected chi connectivity index (χ3v) is 3.53. The van der Waals surface area contributed by atoms with Crippen LogP contribution in [-0.2, 0) is 6.54 Å². The first-order valence-electron chi connectivity index (χ1n) is 5.07. The monoisotopic (exact) mass is 221 g/mol. The Balaban J connectivity index is 1.91. The maximum absolute atomic E-state index is 5.34. The topological polar surface area (TPSA) is 25.2 Å². The summed E-state index contributed by atoms with van der Waals surface area (Å²) < 4.78 is 5.34. The van der Waals surface area contributed by atoms with Crippen molar-refractivity contribution in [3.05, 3.63) is 46.0 Å². The lowest BCUT2D eigenvalue weighted by molar-refractivity contribution is 0.431. The lowest BCUT2D eigenvalue weighted by Crippen LogP contribution is -2.17. The van der Waals surface area contributed by atoms with Gasteiger partial charge >= 0.3 is 0 Å². The van der Waals surface area contributed by atoms with Gasteiger partial charge in [0.15, 0.2) is 0 Å². The molecule has 2 nitrogen and oxygen atoms in total. The van der Waals surface area contributed by atoms with Crippen LogP contribution in [-0.4, -0.2) is 0 Å². The minimum Gasteiger partial charge on any atom is -0.468 e. The van der Waals surface area contributed by atoms with E-state index in [2.05, 4.69) is 30.6 Å². The lowest BCUT2D eigenvalue weighted by Gasteiger charge is -2.10. The number of hydrogen-bond donors (Lipinski definition) is 1. The number of hydrogen-bond acceptors (Lipinski definition) is 3. The molecular weight excluding hydrogens is 206 g/mol. The molecule has 0 amide bonds. The van der Waals surface area contributed by atoms with Gasteiger partial charge in [-0.3, -0.25) is 0 Å². The minimum atomic E-state index is 0.265. The van der Waals surface area contributed by atoms with E-state index in [4.69, 9.17) is 4.42 Å². The van der Waals surface area contributed by atoms with Crippen molar-refractivity contribution in [3.63, 3.8) is 0 Å². The Morgan fingerprint density at radius 2 is 2.33 bits per heavy atom. The van der Waals surface area contributed by atoms with Gasteiger partial charge in [0.1, 0.15) is 5.76 Å². The summed E-state index contributed by atoms with van der Waals surface area (Å²) in [7, 11) is 0. The molecule has 0 saturated heterocycles. The Morgan fingerprint density at radius 1 is 1.47 bits per heavy atom.